The van der Waals surface area contributed by atoms with Gasteiger partial charge in [0, 0.05) is 32.1 Å². The zero-order valence-corrected chi connectivity index (χ0v) is 11.8. The number of hydrogen-bond acceptors (Lipinski definition) is 6. The molecule has 1 aliphatic carbocycles. The molecule has 0 radical (unpaired) electrons. The van der Waals surface area contributed by atoms with Crippen molar-refractivity contribution in [1.29, 1.82) is 0 Å². The molecule has 4 rings (SSSR count). The highest BCUT2D eigenvalue weighted by atomic mass is 32.2. The first-order valence-corrected chi connectivity index (χ1v) is 8.24. The second kappa shape index (κ2) is 4.91. The van der Waals surface area contributed by atoms with Crippen LogP contribution < -0.4 is 5.32 Å². The molecular weight excluding hydrogens is 262 g/mol. The van der Waals surface area contributed by atoms with E-state index >= 15 is 0 Å². The van der Waals surface area contributed by atoms with E-state index in [1.165, 1.54) is 19.3 Å². The normalized spacial score (nSPS) is 41.7. The summed E-state index contributed by atoms with van der Waals surface area (Å²) in [5.41, 5.74) is 0.0188. The van der Waals surface area contributed by atoms with Crippen molar-refractivity contribution in [1.82, 2.24) is 10.2 Å². The molecule has 5 nitrogen and oxygen atoms in total. The van der Waals surface area contributed by atoms with Gasteiger partial charge >= 0.3 is 0 Å². The molecule has 4 aliphatic rings. The Morgan fingerprint density at radius 1 is 1.42 bits per heavy atom. The Hall–Kier alpha value is -0.300. The molecule has 0 bridgehead atoms. The average Bonchev–Trinajstić information content (AvgIpc) is 3.05. The first kappa shape index (κ1) is 12.4. The first-order valence-electron chi connectivity index (χ1n) is 7.36. The van der Waals surface area contributed by atoms with Crippen LogP contribution in [0.25, 0.3) is 0 Å². The zero-order valence-electron chi connectivity index (χ0n) is 11.0. The minimum atomic E-state index is -0.351. The van der Waals surface area contributed by atoms with Gasteiger partial charge in [-0.3, -0.25) is 4.99 Å². The van der Waals surface area contributed by atoms with E-state index in [0.717, 1.165) is 24.8 Å². The van der Waals surface area contributed by atoms with Crippen LogP contribution in [0.15, 0.2) is 4.99 Å². The number of hydrogen-bond donors (Lipinski definition) is 2. The third-order valence-corrected chi connectivity index (χ3v) is 5.52. The number of fused-ring (bicyclic) bond motifs is 1. The molecule has 3 fully saturated rings. The van der Waals surface area contributed by atoms with Crippen molar-refractivity contribution in [3.8, 4) is 0 Å². The number of amidine groups is 1. The molecular formula is C13H21N3O2S. The summed E-state index contributed by atoms with van der Waals surface area (Å²) < 4.78 is 6.11. The number of aliphatic hydroxyl groups is 1. The van der Waals surface area contributed by atoms with Crippen molar-refractivity contribution >= 4 is 16.9 Å². The summed E-state index contributed by atoms with van der Waals surface area (Å²) in [5, 5.41) is 14.8. The highest BCUT2D eigenvalue weighted by Gasteiger charge is 2.44. The summed E-state index contributed by atoms with van der Waals surface area (Å²) in [7, 11) is 0. The molecule has 2 saturated heterocycles. The van der Waals surface area contributed by atoms with Crippen molar-refractivity contribution in [2.75, 3.05) is 19.6 Å². The van der Waals surface area contributed by atoms with Crippen molar-refractivity contribution in [2.24, 2.45) is 4.99 Å². The molecule has 3 heterocycles. The van der Waals surface area contributed by atoms with Gasteiger partial charge in [-0.25, -0.2) is 0 Å². The summed E-state index contributed by atoms with van der Waals surface area (Å²) in [5.74, 6) is 0. The van der Waals surface area contributed by atoms with E-state index in [-0.39, 0.29) is 23.7 Å². The number of nitrogens with one attached hydrogen (secondary N) is 1. The van der Waals surface area contributed by atoms with Crippen LogP contribution in [0.3, 0.4) is 0 Å². The lowest BCUT2D eigenvalue weighted by Crippen LogP contribution is -2.47. The molecule has 0 aromatic carbocycles. The minimum Gasteiger partial charge on any atom is -0.391 e. The molecule has 1 saturated carbocycles. The van der Waals surface area contributed by atoms with Crippen LogP contribution >= 0.6 is 11.8 Å². The fourth-order valence-corrected chi connectivity index (χ4v) is 4.12. The van der Waals surface area contributed by atoms with Gasteiger partial charge in [0.25, 0.3) is 0 Å². The lowest BCUT2D eigenvalue weighted by atomic mass is 10.0. The Labute approximate surface area is 117 Å². The minimum absolute atomic E-state index is 0.0188. The van der Waals surface area contributed by atoms with Gasteiger partial charge < -0.3 is 20.1 Å². The standard InChI is InChI=1S/C13H21N3O2S/c17-10-6-9(7-14-8-2-3-8)18-12-11(10)15-13(19-12)16-4-1-5-16/h8-12,14,17H,1-7H2/t9-,10-,11+,12+/m0/s1. The Kier molecular flexibility index (Phi) is 3.22. The van der Waals surface area contributed by atoms with Crippen molar-refractivity contribution in [3.63, 3.8) is 0 Å². The van der Waals surface area contributed by atoms with Gasteiger partial charge in [0.05, 0.1) is 12.2 Å². The highest BCUT2D eigenvalue weighted by molar-refractivity contribution is 8.14. The average molecular weight is 283 g/mol. The molecule has 0 spiro atoms. The van der Waals surface area contributed by atoms with E-state index in [1.54, 1.807) is 11.8 Å². The fraction of sp³-hybridized carbons (Fsp3) is 0.923. The number of rotatable bonds is 3. The van der Waals surface area contributed by atoms with E-state index < -0.39 is 0 Å². The number of ether oxygens (including phenoxy) is 1. The topological polar surface area (TPSA) is 57.1 Å². The van der Waals surface area contributed by atoms with Crippen LogP contribution in [0.1, 0.15) is 25.7 Å². The van der Waals surface area contributed by atoms with Gasteiger partial charge in [0.1, 0.15) is 11.5 Å². The highest BCUT2D eigenvalue weighted by Crippen LogP contribution is 2.38. The molecule has 19 heavy (non-hydrogen) atoms. The molecule has 0 unspecified atom stereocenters. The van der Waals surface area contributed by atoms with Crippen molar-refractivity contribution < 1.29 is 9.84 Å². The predicted molar refractivity (Wildman–Crippen MR) is 75.3 cm³/mol. The molecule has 6 heteroatoms. The van der Waals surface area contributed by atoms with E-state index in [0.29, 0.717) is 12.5 Å². The number of aliphatic hydroxyl groups excluding tert-OH is 1. The zero-order chi connectivity index (χ0) is 12.8. The SMILES string of the molecule is O[C@H]1C[C@@H](CNC2CC2)O[C@@H]2SC(N3CCC3)=N[C@@H]21. The molecule has 106 valence electrons. The number of nitrogens with zero attached hydrogens (tertiary/aromatic N) is 2. The Morgan fingerprint density at radius 2 is 2.26 bits per heavy atom. The van der Waals surface area contributed by atoms with Crippen LogP contribution in [0.2, 0.25) is 0 Å². The van der Waals surface area contributed by atoms with Crippen LogP contribution in [-0.2, 0) is 4.74 Å². The summed E-state index contributed by atoms with van der Waals surface area (Å²) in [6.45, 7) is 3.08. The van der Waals surface area contributed by atoms with Crippen LogP contribution in [-0.4, -0.2) is 64.5 Å². The predicted octanol–water partition coefficient (Wildman–Crippen LogP) is 0.391. The summed E-state index contributed by atoms with van der Waals surface area (Å²) >= 11 is 1.70. The van der Waals surface area contributed by atoms with Crippen LogP contribution in [0, 0.1) is 0 Å². The maximum Gasteiger partial charge on any atom is 0.162 e. The molecule has 3 aliphatic heterocycles. The fourth-order valence-electron chi connectivity index (χ4n) is 2.80. The molecule has 0 aromatic heterocycles. The van der Waals surface area contributed by atoms with Gasteiger partial charge in [0.2, 0.25) is 0 Å². The second-order valence-electron chi connectivity index (χ2n) is 5.97. The van der Waals surface area contributed by atoms with E-state index in [2.05, 4.69) is 15.2 Å². The van der Waals surface area contributed by atoms with Gasteiger partial charge in [-0.1, -0.05) is 11.8 Å². The van der Waals surface area contributed by atoms with E-state index in [9.17, 15) is 5.11 Å². The lowest BCUT2D eigenvalue weighted by molar-refractivity contribution is -0.0683. The molecule has 0 aromatic rings. The maximum atomic E-state index is 10.3. The van der Waals surface area contributed by atoms with E-state index in [1.807, 2.05) is 0 Å². The Morgan fingerprint density at radius 3 is 2.95 bits per heavy atom. The number of thioether (sulfide) groups is 1. The summed E-state index contributed by atoms with van der Waals surface area (Å²) in [6.07, 6.45) is 4.33. The van der Waals surface area contributed by atoms with Gasteiger partial charge in [-0.05, 0) is 19.3 Å². The largest absolute Gasteiger partial charge is 0.391 e. The van der Waals surface area contributed by atoms with Crippen LogP contribution in [0.4, 0.5) is 0 Å². The Bertz CT molecular complexity index is 384. The third kappa shape index (κ3) is 2.51. The van der Waals surface area contributed by atoms with Gasteiger partial charge in [-0.15, -0.1) is 0 Å². The Balaban J connectivity index is 1.36. The lowest BCUT2D eigenvalue weighted by Gasteiger charge is -2.34. The molecule has 4 atom stereocenters. The summed E-state index contributed by atoms with van der Waals surface area (Å²) in [6, 6.07) is 0.639. The van der Waals surface area contributed by atoms with Crippen molar-refractivity contribution in [3.05, 3.63) is 0 Å². The smallest absolute Gasteiger partial charge is 0.162 e. The quantitative estimate of drug-likeness (QED) is 0.785. The molecule has 2 N–H and O–H groups in total. The first-order chi connectivity index (χ1) is 9.29. The number of likely N-dealkylation sites (tertiary alicyclic amines) is 1. The second-order valence-corrected chi connectivity index (χ2v) is 7.04. The van der Waals surface area contributed by atoms with Gasteiger partial charge in [0.15, 0.2) is 5.17 Å². The van der Waals surface area contributed by atoms with Crippen molar-refractivity contribution in [2.45, 2.75) is 55.4 Å². The maximum absolute atomic E-state index is 10.3. The van der Waals surface area contributed by atoms with Gasteiger partial charge in [-0.2, -0.15) is 0 Å². The summed E-state index contributed by atoms with van der Waals surface area (Å²) in [4.78, 5) is 6.95. The molecule has 0 amide bonds. The monoisotopic (exact) mass is 283 g/mol. The van der Waals surface area contributed by atoms with E-state index in [4.69, 9.17) is 4.74 Å². The van der Waals surface area contributed by atoms with Crippen LogP contribution in [0.5, 0.6) is 0 Å². The number of aliphatic imine (C=N–C) groups is 1. The third-order valence-electron chi connectivity index (χ3n) is 4.32.